The minimum absolute atomic E-state index is 0.907. The lowest BCUT2D eigenvalue weighted by molar-refractivity contribution is 0.348. The molecule has 2 bridgehead atoms. The normalized spacial score (nSPS) is 30.8. The Morgan fingerprint density at radius 2 is 2.06 bits per heavy atom. The third-order valence-corrected chi connectivity index (χ3v) is 5.52. The monoisotopic (exact) mass is 357 g/mol. The molecule has 0 aliphatic heterocycles. The third kappa shape index (κ3) is 2.55. The van der Waals surface area contributed by atoms with Gasteiger partial charge in [0.15, 0.2) is 0 Å². The van der Waals surface area contributed by atoms with E-state index in [0.29, 0.717) is 0 Å². The second kappa shape index (κ2) is 4.93. The van der Waals surface area contributed by atoms with Gasteiger partial charge in [-0.2, -0.15) is 0 Å². The van der Waals surface area contributed by atoms with E-state index >= 15 is 0 Å². The first-order chi connectivity index (χ1) is 8.22. The lowest BCUT2D eigenvalue weighted by atomic mass is 9.89. The fourth-order valence-corrected chi connectivity index (χ4v) is 4.69. The molecular formula is C14H17Br2N. The molecule has 92 valence electrons. The number of hydrogen-bond donors (Lipinski definition) is 1. The Morgan fingerprint density at radius 1 is 1.18 bits per heavy atom. The molecule has 2 saturated carbocycles. The van der Waals surface area contributed by atoms with E-state index in [1.165, 1.54) is 31.4 Å². The molecule has 2 aliphatic carbocycles. The molecule has 0 aromatic heterocycles. The van der Waals surface area contributed by atoms with Crippen LogP contribution in [0.25, 0.3) is 0 Å². The van der Waals surface area contributed by atoms with Crippen molar-refractivity contribution in [2.24, 2.45) is 17.8 Å². The summed E-state index contributed by atoms with van der Waals surface area (Å²) in [4.78, 5) is 0. The lowest BCUT2D eigenvalue weighted by Crippen LogP contribution is -2.20. The van der Waals surface area contributed by atoms with Gasteiger partial charge in [-0.3, -0.25) is 0 Å². The summed E-state index contributed by atoms with van der Waals surface area (Å²) in [6, 6.07) is 6.33. The number of fused-ring (bicyclic) bond motifs is 2. The average molecular weight is 359 g/mol. The topological polar surface area (TPSA) is 12.0 Å². The van der Waals surface area contributed by atoms with Gasteiger partial charge in [0, 0.05) is 21.2 Å². The van der Waals surface area contributed by atoms with Gasteiger partial charge in [0.25, 0.3) is 0 Å². The first kappa shape index (κ1) is 12.0. The maximum absolute atomic E-state index is 3.61. The summed E-state index contributed by atoms with van der Waals surface area (Å²) in [6.07, 6.45) is 5.90. The van der Waals surface area contributed by atoms with Gasteiger partial charge in [-0.05, 0) is 71.1 Å². The molecule has 1 aromatic carbocycles. The predicted molar refractivity (Wildman–Crippen MR) is 79.3 cm³/mol. The van der Waals surface area contributed by atoms with Crippen LogP contribution in [0.2, 0.25) is 0 Å². The molecule has 3 unspecified atom stereocenters. The van der Waals surface area contributed by atoms with Crippen LogP contribution in [0.4, 0.5) is 5.69 Å². The zero-order valence-electron chi connectivity index (χ0n) is 9.76. The van der Waals surface area contributed by atoms with Crippen LogP contribution in [0.5, 0.6) is 0 Å². The largest absolute Gasteiger partial charge is 0.384 e. The highest BCUT2D eigenvalue weighted by Crippen LogP contribution is 2.48. The number of nitrogens with one attached hydrogen (secondary N) is 1. The van der Waals surface area contributed by atoms with Crippen LogP contribution in [0, 0.1) is 17.8 Å². The Kier molecular flexibility index (Phi) is 3.49. The summed E-state index contributed by atoms with van der Waals surface area (Å²) in [6.45, 7) is 1.14. The van der Waals surface area contributed by atoms with Gasteiger partial charge in [-0.15, -0.1) is 0 Å². The molecule has 1 N–H and O–H groups in total. The summed E-state index contributed by atoms with van der Waals surface area (Å²) in [5.41, 5.74) is 1.22. The zero-order chi connectivity index (χ0) is 11.8. The molecule has 1 nitrogen and oxygen atoms in total. The van der Waals surface area contributed by atoms with Crippen molar-refractivity contribution in [3.63, 3.8) is 0 Å². The highest BCUT2D eigenvalue weighted by molar-refractivity contribution is 9.11. The maximum atomic E-state index is 3.61. The van der Waals surface area contributed by atoms with E-state index in [4.69, 9.17) is 0 Å². The van der Waals surface area contributed by atoms with Crippen molar-refractivity contribution in [3.05, 3.63) is 27.1 Å². The molecule has 3 heteroatoms. The molecule has 2 aliphatic rings. The predicted octanol–water partition coefficient (Wildman–Crippen LogP) is 5.06. The Labute approximate surface area is 120 Å². The van der Waals surface area contributed by atoms with Crippen LogP contribution >= 0.6 is 31.9 Å². The van der Waals surface area contributed by atoms with E-state index in [1.54, 1.807) is 0 Å². The smallest absolute Gasteiger partial charge is 0.0485 e. The SMILES string of the molecule is Brc1ccc(NCC2CC3CCC2C3)c(Br)c1. The van der Waals surface area contributed by atoms with E-state index in [0.717, 1.165) is 33.2 Å². The third-order valence-electron chi connectivity index (χ3n) is 4.37. The first-order valence-electron chi connectivity index (χ1n) is 6.41. The molecule has 0 amide bonds. The van der Waals surface area contributed by atoms with Crippen LogP contribution in [-0.4, -0.2) is 6.54 Å². The minimum atomic E-state index is 0.907. The van der Waals surface area contributed by atoms with E-state index in [1.807, 2.05) is 0 Å². The molecular weight excluding hydrogens is 342 g/mol. The summed E-state index contributed by atoms with van der Waals surface area (Å²) >= 11 is 7.09. The molecule has 1 aromatic rings. The number of hydrogen-bond acceptors (Lipinski definition) is 1. The quantitative estimate of drug-likeness (QED) is 0.796. The first-order valence-corrected chi connectivity index (χ1v) is 8.00. The fraction of sp³-hybridized carbons (Fsp3) is 0.571. The van der Waals surface area contributed by atoms with Crippen LogP contribution in [0.15, 0.2) is 27.1 Å². The zero-order valence-corrected chi connectivity index (χ0v) is 12.9. The van der Waals surface area contributed by atoms with Crippen LogP contribution in [-0.2, 0) is 0 Å². The number of rotatable bonds is 3. The molecule has 2 fully saturated rings. The van der Waals surface area contributed by atoms with E-state index in [-0.39, 0.29) is 0 Å². The Hall–Kier alpha value is -0.0200. The average Bonchev–Trinajstić information content (AvgIpc) is 2.89. The van der Waals surface area contributed by atoms with Crippen LogP contribution in [0.1, 0.15) is 25.7 Å². The lowest BCUT2D eigenvalue weighted by Gasteiger charge is -2.22. The molecule has 0 radical (unpaired) electrons. The summed E-state index contributed by atoms with van der Waals surface area (Å²) in [7, 11) is 0. The van der Waals surface area contributed by atoms with Gasteiger partial charge in [-0.25, -0.2) is 0 Å². The van der Waals surface area contributed by atoms with Gasteiger partial charge in [0.2, 0.25) is 0 Å². The number of halogens is 2. The van der Waals surface area contributed by atoms with Crippen molar-refractivity contribution in [1.82, 2.24) is 0 Å². The molecule has 3 atom stereocenters. The maximum Gasteiger partial charge on any atom is 0.0485 e. The Morgan fingerprint density at radius 3 is 2.71 bits per heavy atom. The second-order valence-corrected chi connectivity index (χ2v) is 7.21. The van der Waals surface area contributed by atoms with Gasteiger partial charge >= 0.3 is 0 Å². The van der Waals surface area contributed by atoms with Gasteiger partial charge < -0.3 is 5.32 Å². The molecule has 0 spiro atoms. The Bertz CT molecular complexity index is 419. The van der Waals surface area contributed by atoms with Crippen LogP contribution in [0.3, 0.4) is 0 Å². The van der Waals surface area contributed by atoms with Crippen molar-refractivity contribution in [1.29, 1.82) is 0 Å². The summed E-state index contributed by atoms with van der Waals surface area (Å²) < 4.78 is 2.27. The highest BCUT2D eigenvalue weighted by atomic mass is 79.9. The molecule has 0 heterocycles. The van der Waals surface area contributed by atoms with Gasteiger partial charge in [0.1, 0.15) is 0 Å². The fourth-order valence-electron chi connectivity index (χ4n) is 3.50. The molecule has 17 heavy (non-hydrogen) atoms. The highest BCUT2D eigenvalue weighted by Gasteiger charge is 2.38. The van der Waals surface area contributed by atoms with Crippen molar-refractivity contribution < 1.29 is 0 Å². The minimum Gasteiger partial charge on any atom is -0.384 e. The van der Waals surface area contributed by atoms with Crippen molar-refractivity contribution >= 4 is 37.5 Å². The van der Waals surface area contributed by atoms with E-state index < -0.39 is 0 Å². The molecule has 0 saturated heterocycles. The number of anilines is 1. The van der Waals surface area contributed by atoms with E-state index in [2.05, 4.69) is 55.4 Å². The number of benzene rings is 1. The Balaban J connectivity index is 1.60. The molecule has 3 rings (SSSR count). The van der Waals surface area contributed by atoms with Crippen molar-refractivity contribution in [3.8, 4) is 0 Å². The van der Waals surface area contributed by atoms with Crippen molar-refractivity contribution in [2.45, 2.75) is 25.7 Å². The van der Waals surface area contributed by atoms with Gasteiger partial charge in [0.05, 0.1) is 0 Å². The van der Waals surface area contributed by atoms with E-state index in [9.17, 15) is 0 Å². The second-order valence-electron chi connectivity index (χ2n) is 5.44. The summed E-state index contributed by atoms with van der Waals surface area (Å²) in [5.74, 6) is 2.95. The van der Waals surface area contributed by atoms with Gasteiger partial charge in [-0.1, -0.05) is 22.4 Å². The van der Waals surface area contributed by atoms with Crippen LogP contribution < -0.4 is 5.32 Å². The summed E-state index contributed by atoms with van der Waals surface area (Å²) in [5, 5.41) is 3.60. The van der Waals surface area contributed by atoms with Crippen molar-refractivity contribution in [2.75, 3.05) is 11.9 Å². The standard InChI is InChI=1S/C14H17Br2N/c15-12-3-4-14(13(16)7-12)17-8-11-6-9-1-2-10(11)5-9/h3-4,7,9-11,17H,1-2,5-6,8H2.